The summed E-state index contributed by atoms with van der Waals surface area (Å²) in [5.74, 6) is -0.373. The zero-order valence-electron chi connectivity index (χ0n) is 26.5. The lowest BCUT2D eigenvalue weighted by molar-refractivity contribution is -0.143. The molecular weight excluding hydrogens is 655 g/mol. The van der Waals surface area contributed by atoms with Gasteiger partial charge in [-0.1, -0.05) is 44.2 Å². The normalized spacial score (nSPS) is 20.1. The molecule has 2 saturated heterocycles. The predicted molar refractivity (Wildman–Crippen MR) is 172 cm³/mol. The van der Waals surface area contributed by atoms with Crippen molar-refractivity contribution in [1.29, 1.82) is 0 Å². The Balaban J connectivity index is 0.00000368. The van der Waals surface area contributed by atoms with Crippen molar-refractivity contribution >= 4 is 30.7 Å². The lowest BCUT2D eigenvalue weighted by Gasteiger charge is -2.41. The maximum atomic E-state index is 13.7. The molecule has 0 radical (unpaired) electrons. The summed E-state index contributed by atoms with van der Waals surface area (Å²) in [4.78, 5) is 19.6. The highest BCUT2D eigenvalue weighted by Gasteiger charge is 2.39. The minimum Gasteiger partial charge on any atom is -0.378 e. The van der Waals surface area contributed by atoms with Crippen LogP contribution in [-0.2, 0) is 23.5 Å². The summed E-state index contributed by atoms with van der Waals surface area (Å²) in [5, 5.41) is 0. The average Bonchev–Trinajstić information content (AvgIpc) is 2.96. The topological polar surface area (TPSA) is 36.0 Å². The fraction of sp³-hybridized carbons (Fsp3) is 0.545. The molecule has 0 aliphatic carbocycles. The molecule has 2 fully saturated rings. The Kier molecular flexibility index (Phi) is 14.5. The van der Waals surface area contributed by atoms with Gasteiger partial charge in [0, 0.05) is 56.9 Å². The van der Waals surface area contributed by atoms with E-state index in [1.165, 1.54) is 4.90 Å². The number of benzene rings is 2. The van der Waals surface area contributed by atoms with Crippen LogP contribution in [0.15, 0.2) is 48.6 Å². The molecule has 0 N–H and O–H groups in total. The zero-order chi connectivity index (χ0) is 32.2. The Morgan fingerprint density at radius 2 is 1.52 bits per heavy atom. The summed E-state index contributed by atoms with van der Waals surface area (Å²) in [6, 6.07) is 6.93. The molecule has 0 bridgehead atoms. The monoisotopic (exact) mass is 697 g/mol. The van der Waals surface area contributed by atoms with E-state index in [1.54, 1.807) is 0 Å². The van der Waals surface area contributed by atoms with Crippen molar-refractivity contribution in [2.24, 2.45) is 5.92 Å². The van der Waals surface area contributed by atoms with Crippen LogP contribution in [0.3, 0.4) is 0 Å². The third kappa shape index (κ3) is 10.3. The van der Waals surface area contributed by atoms with Crippen molar-refractivity contribution in [2.75, 3.05) is 52.5 Å². The number of aryl methyl sites for hydroxylation is 2. The molecule has 2 aliphatic heterocycles. The second-order valence-electron chi connectivity index (χ2n) is 12.2. The molecule has 1 amide bonds. The van der Waals surface area contributed by atoms with Crippen LogP contribution < -0.4 is 0 Å². The summed E-state index contributed by atoms with van der Waals surface area (Å²) in [6.45, 7) is 13.0. The highest BCUT2D eigenvalue weighted by atomic mass is 35.5. The summed E-state index contributed by atoms with van der Waals surface area (Å²) in [6.07, 6.45) is -5.44. The van der Waals surface area contributed by atoms with Crippen LogP contribution >= 0.6 is 24.8 Å². The number of carbonyl (C=O) groups excluding carboxylic acids is 1. The highest BCUT2D eigenvalue weighted by Crippen LogP contribution is 2.37. The van der Waals surface area contributed by atoms with Gasteiger partial charge in [0.2, 0.25) is 0 Å². The first kappa shape index (κ1) is 39.9. The van der Waals surface area contributed by atoms with Gasteiger partial charge in [-0.25, -0.2) is 0 Å². The lowest BCUT2D eigenvalue weighted by atomic mass is 9.97. The minimum absolute atomic E-state index is 0. The Labute approximate surface area is 279 Å². The van der Waals surface area contributed by atoms with E-state index in [0.29, 0.717) is 63.4 Å². The van der Waals surface area contributed by atoms with Gasteiger partial charge in [0.25, 0.3) is 5.91 Å². The molecule has 258 valence electrons. The number of ether oxygens (including phenoxy) is 1. The highest BCUT2D eigenvalue weighted by molar-refractivity contribution is 5.95. The molecule has 0 unspecified atom stereocenters. The lowest BCUT2D eigenvalue weighted by Crippen LogP contribution is -2.56. The van der Waals surface area contributed by atoms with Crippen molar-refractivity contribution in [3.8, 4) is 0 Å². The summed E-state index contributed by atoms with van der Waals surface area (Å²) < 4.78 is 86.9. The van der Waals surface area contributed by atoms with Gasteiger partial charge in [0.1, 0.15) is 0 Å². The number of hydrogen-bond donors (Lipinski definition) is 0. The predicted octanol–water partition coefficient (Wildman–Crippen LogP) is 7.47. The smallest absolute Gasteiger partial charge is 0.378 e. The minimum atomic E-state index is -5.03. The first-order valence-corrected chi connectivity index (χ1v) is 15.0. The van der Waals surface area contributed by atoms with Crippen molar-refractivity contribution in [1.82, 2.24) is 14.7 Å². The maximum absolute atomic E-state index is 13.7. The molecule has 46 heavy (non-hydrogen) atoms. The van der Waals surface area contributed by atoms with E-state index >= 15 is 0 Å². The van der Waals surface area contributed by atoms with Crippen molar-refractivity contribution < 1.29 is 35.9 Å². The van der Waals surface area contributed by atoms with E-state index in [-0.39, 0.29) is 37.4 Å². The van der Waals surface area contributed by atoms with Crippen molar-refractivity contribution in [3.05, 3.63) is 81.9 Å². The quantitative estimate of drug-likeness (QED) is 0.212. The first-order chi connectivity index (χ1) is 20.6. The molecule has 2 atom stereocenters. The second kappa shape index (κ2) is 16.7. The van der Waals surface area contributed by atoms with Gasteiger partial charge in [-0.2, -0.15) is 26.3 Å². The Morgan fingerprint density at radius 1 is 0.891 bits per heavy atom. The van der Waals surface area contributed by atoms with Crippen LogP contribution in [0.4, 0.5) is 26.3 Å². The molecule has 2 aromatic rings. The SMILES string of the molecule is Cc1ccc(C[C@@H]2CN(C/C=C/CN3CCOC[C@@H]3C(C)C)CCN2C(=O)c2cc(C(F)(F)F)cc(C(F)(F)F)c2)cc1C.Cl.Cl. The van der Waals surface area contributed by atoms with E-state index in [2.05, 4.69) is 35.8 Å². The fourth-order valence-corrected chi connectivity index (χ4v) is 5.91. The third-order valence-corrected chi connectivity index (χ3v) is 8.63. The molecule has 2 aromatic carbocycles. The van der Waals surface area contributed by atoms with Gasteiger partial charge in [-0.15, -0.1) is 24.8 Å². The molecule has 2 heterocycles. The molecule has 5 nitrogen and oxygen atoms in total. The van der Waals surface area contributed by atoms with Crippen molar-refractivity contribution in [3.63, 3.8) is 0 Å². The standard InChI is InChI=1S/C33H41F6N3O2.2ClH/c1-22(2)30-21-44-14-13-41(30)10-6-5-9-40-11-12-42(29(20-40)16-25-8-7-23(3)24(4)15-25)31(43)26-17-27(32(34,35)36)19-28(18-26)33(37,38)39;;/h5-8,15,17-19,22,29-30H,9-14,16,20-21H2,1-4H3;2*1H/b6-5+;;/t29-,30-;;/m1../s1. The maximum Gasteiger partial charge on any atom is 0.416 e. The number of amides is 1. The molecule has 13 heteroatoms. The van der Waals surface area contributed by atoms with Gasteiger partial charge in [0.05, 0.1) is 24.3 Å². The van der Waals surface area contributed by atoms with E-state index < -0.39 is 41.0 Å². The number of hydrogen-bond acceptors (Lipinski definition) is 4. The number of morpholine rings is 1. The van der Waals surface area contributed by atoms with Crippen LogP contribution in [0, 0.1) is 19.8 Å². The Morgan fingerprint density at radius 3 is 2.11 bits per heavy atom. The number of piperazine rings is 1. The van der Waals surface area contributed by atoms with Crippen LogP contribution in [0.1, 0.15) is 52.0 Å². The molecular formula is C33H43Cl2F6N3O2. The molecule has 0 spiro atoms. The molecule has 4 rings (SSSR count). The van der Waals surface area contributed by atoms with Crippen LogP contribution in [0.2, 0.25) is 0 Å². The van der Waals surface area contributed by atoms with Crippen molar-refractivity contribution in [2.45, 2.75) is 58.6 Å². The third-order valence-electron chi connectivity index (χ3n) is 8.63. The van der Waals surface area contributed by atoms with E-state index in [1.807, 2.05) is 32.0 Å². The van der Waals surface area contributed by atoms with Gasteiger partial charge >= 0.3 is 12.4 Å². The van der Waals surface area contributed by atoms with Gasteiger partial charge in [-0.05, 0) is 61.1 Å². The number of alkyl halides is 6. The van der Waals surface area contributed by atoms with E-state index in [9.17, 15) is 31.1 Å². The van der Waals surface area contributed by atoms with Crippen LogP contribution in [-0.4, -0.2) is 85.2 Å². The van der Waals surface area contributed by atoms with E-state index in [0.717, 1.165) is 29.8 Å². The van der Waals surface area contributed by atoms with Crippen LogP contribution in [0.25, 0.3) is 0 Å². The van der Waals surface area contributed by atoms with Gasteiger partial charge in [-0.3, -0.25) is 14.6 Å². The fourth-order valence-electron chi connectivity index (χ4n) is 5.91. The largest absolute Gasteiger partial charge is 0.416 e. The second-order valence-corrected chi connectivity index (χ2v) is 12.2. The summed E-state index contributed by atoms with van der Waals surface area (Å²) in [7, 11) is 0. The number of halogens is 8. The van der Waals surface area contributed by atoms with Crippen LogP contribution in [0.5, 0.6) is 0 Å². The number of rotatable bonds is 8. The molecule has 2 aliphatic rings. The first-order valence-electron chi connectivity index (χ1n) is 15.0. The molecule has 0 aromatic heterocycles. The summed E-state index contributed by atoms with van der Waals surface area (Å²) >= 11 is 0. The van der Waals surface area contributed by atoms with Gasteiger partial charge < -0.3 is 9.64 Å². The zero-order valence-corrected chi connectivity index (χ0v) is 28.1. The average molecular weight is 699 g/mol. The van der Waals surface area contributed by atoms with Gasteiger partial charge in [0.15, 0.2) is 0 Å². The number of carbonyl (C=O) groups is 1. The van der Waals surface area contributed by atoms with E-state index in [4.69, 9.17) is 4.74 Å². The Bertz CT molecular complexity index is 1300. The summed E-state index contributed by atoms with van der Waals surface area (Å²) in [5.41, 5.74) is -0.501. The Hall–Kier alpha value is -2.31. The molecule has 0 saturated carbocycles. The number of nitrogens with zero attached hydrogens (tertiary/aromatic N) is 3.